The van der Waals surface area contributed by atoms with Crippen LogP contribution in [0.3, 0.4) is 0 Å². The molecule has 19 heavy (non-hydrogen) atoms. The molecular formula is C13H14BrF2NO2. The zero-order chi connectivity index (χ0) is 13.8. The van der Waals surface area contributed by atoms with Crippen LogP contribution in [0.15, 0.2) is 16.6 Å². The van der Waals surface area contributed by atoms with Crippen LogP contribution in [0.25, 0.3) is 0 Å². The van der Waals surface area contributed by atoms with Gasteiger partial charge < -0.3 is 9.64 Å². The van der Waals surface area contributed by atoms with Gasteiger partial charge in [-0.3, -0.25) is 4.79 Å². The Labute approximate surface area is 118 Å². The van der Waals surface area contributed by atoms with E-state index in [0.717, 1.165) is 25.3 Å². The van der Waals surface area contributed by atoms with E-state index in [0.29, 0.717) is 17.6 Å². The van der Waals surface area contributed by atoms with E-state index in [-0.39, 0.29) is 18.3 Å². The summed E-state index contributed by atoms with van der Waals surface area (Å²) < 4.78 is 32.0. The lowest BCUT2D eigenvalue weighted by molar-refractivity contribution is -0.134. The van der Waals surface area contributed by atoms with Crippen molar-refractivity contribution in [2.75, 3.05) is 19.7 Å². The van der Waals surface area contributed by atoms with Gasteiger partial charge in [-0.25, -0.2) is 4.39 Å². The third kappa shape index (κ3) is 3.65. The quantitative estimate of drug-likeness (QED) is 0.795. The van der Waals surface area contributed by atoms with Gasteiger partial charge >= 0.3 is 0 Å². The van der Waals surface area contributed by atoms with Crippen LogP contribution < -0.4 is 4.74 Å². The molecule has 0 N–H and O–H groups in total. The van der Waals surface area contributed by atoms with Crippen molar-refractivity contribution in [2.45, 2.75) is 19.3 Å². The van der Waals surface area contributed by atoms with E-state index in [2.05, 4.69) is 15.9 Å². The van der Waals surface area contributed by atoms with Crippen LogP contribution >= 0.6 is 15.9 Å². The monoisotopic (exact) mass is 333 g/mol. The maximum atomic E-state index is 13.4. The number of halogens is 3. The van der Waals surface area contributed by atoms with Crippen molar-refractivity contribution in [3.8, 4) is 5.75 Å². The predicted octanol–water partition coefficient (Wildman–Crippen LogP) is 3.12. The molecule has 0 atom stereocenters. The molecule has 2 rings (SSSR count). The zero-order valence-electron chi connectivity index (χ0n) is 10.3. The summed E-state index contributed by atoms with van der Waals surface area (Å²) in [5.74, 6) is -2.53. The Balaban J connectivity index is 1.96. The number of rotatable bonds is 3. The lowest BCUT2D eigenvalue weighted by atomic mass is 10.1. The largest absolute Gasteiger partial charge is 0.481 e. The van der Waals surface area contributed by atoms with E-state index in [1.165, 1.54) is 6.07 Å². The first-order chi connectivity index (χ1) is 9.08. The molecule has 1 aliphatic rings. The van der Waals surface area contributed by atoms with Gasteiger partial charge in [0.25, 0.3) is 5.91 Å². The van der Waals surface area contributed by atoms with Crippen molar-refractivity contribution >= 4 is 21.8 Å². The lowest BCUT2D eigenvalue weighted by Gasteiger charge is -2.26. The maximum Gasteiger partial charge on any atom is 0.260 e. The highest BCUT2D eigenvalue weighted by Gasteiger charge is 2.18. The molecule has 0 aliphatic carbocycles. The second kappa shape index (κ2) is 6.32. The number of ether oxygens (including phenoxy) is 1. The highest BCUT2D eigenvalue weighted by molar-refractivity contribution is 9.10. The number of carbonyl (C=O) groups excluding carboxylic acids is 1. The number of amides is 1. The summed E-state index contributed by atoms with van der Waals surface area (Å²) in [4.78, 5) is 13.5. The predicted molar refractivity (Wildman–Crippen MR) is 70.0 cm³/mol. The first-order valence-electron chi connectivity index (χ1n) is 6.13. The Morgan fingerprint density at radius 2 is 1.95 bits per heavy atom. The van der Waals surface area contributed by atoms with Crippen LogP contribution in [-0.2, 0) is 4.79 Å². The van der Waals surface area contributed by atoms with E-state index in [4.69, 9.17) is 4.74 Å². The molecule has 1 amide bonds. The Morgan fingerprint density at radius 1 is 1.26 bits per heavy atom. The molecule has 1 fully saturated rings. The van der Waals surface area contributed by atoms with E-state index >= 15 is 0 Å². The minimum absolute atomic E-state index is 0.195. The Kier molecular flexibility index (Phi) is 4.74. The minimum atomic E-state index is -1.07. The number of hydrogen-bond donors (Lipinski definition) is 0. The van der Waals surface area contributed by atoms with Crippen molar-refractivity contribution in [1.82, 2.24) is 4.90 Å². The van der Waals surface area contributed by atoms with Gasteiger partial charge in [-0.1, -0.05) is 15.9 Å². The molecule has 0 spiro atoms. The summed E-state index contributed by atoms with van der Waals surface area (Å²) in [7, 11) is 0. The van der Waals surface area contributed by atoms with Gasteiger partial charge in [0.15, 0.2) is 18.2 Å². The van der Waals surface area contributed by atoms with Gasteiger partial charge in [-0.15, -0.1) is 0 Å². The number of nitrogens with zero attached hydrogens (tertiary/aromatic N) is 1. The number of piperidine rings is 1. The Bertz CT molecular complexity index is 476. The second-order valence-electron chi connectivity index (χ2n) is 4.43. The molecule has 104 valence electrons. The molecule has 1 aliphatic heterocycles. The van der Waals surface area contributed by atoms with Crippen LogP contribution in [0.4, 0.5) is 8.78 Å². The molecular weight excluding hydrogens is 320 g/mol. The fraction of sp³-hybridized carbons (Fsp3) is 0.462. The van der Waals surface area contributed by atoms with Gasteiger partial charge in [-0.2, -0.15) is 4.39 Å². The first-order valence-corrected chi connectivity index (χ1v) is 6.92. The number of hydrogen-bond acceptors (Lipinski definition) is 2. The lowest BCUT2D eigenvalue weighted by Crippen LogP contribution is -2.38. The molecule has 1 saturated heterocycles. The van der Waals surface area contributed by atoms with Crippen LogP contribution in [0.2, 0.25) is 0 Å². The summed E-state index contributed by atoms with van der Waals surface area (Å²) in [6.07, 6.45) is 3.08. The van der Waals surface area contributed by atoms with E-state index < -0.39 is 11.6 Å². The molecule has 1 aromatic carbocycles. The van der Waals surface area contributed by atoms with Gasteiger partial charge in [-0.05, 0) is 31.4 Å². The average Bonchev–Trinajstić information content (AvgIpc) is 2.41. The fourth-order valence-corrected chi connectivity index (χ4v) is 2.42. The van der Waals surface area contributed by atoms with Crippen molar-refractivity contribution < 1.29 is 18.3 Å². The van der Waals surface area contributed by atoms with Crippen LogP contribution in [0.1, 0.15) is 19.3 Å². The van der Waals surface area contributed by atoms with E-state index in [9.17, 15) is 13.6 Å². The highest BCUT2D eigenvalue weighted by atomic mass is 79.9. The molecule has 0 unspecified atom stereocenters. The van der Waals surface area contributed by atoms with Crippen LogP contribution in [-0.4, -0.2) is 30.5 Å². The normalized spacial score (nSPS) is 15.4. The maximum absolute atomic E-state index is 13.4. The SMILES string of the molecule is O=C(COc1cc(Br)cc(F)c1F)N1CCCCC1. The molecule has 0 bridgehead atoms. The third-order valence-electron chi connectivity index (χ3n) is 3.02. The first kappa shape index (κ1) is 14.2. The smallest absolute Gasteiger partial charge is 0.260 e. The zero-order valence-corrected chi connectivity index (χ0v) is 11.9. The molecule has 6 heteroatoms. The standard InChI is InChI=1S/C13H14BrF2NO2/c14-9-6-10(15)13(16)11(7-9)19-8-12(18)17-4-2-1-3-5-17/h6-7H,1-5,8H2. The summed E-state index contributed by atoms with van der Waals surface area (Å²) in [5, 5.41) is 0. The van der Waals surface area contributed by atoms with Crippen LogP contribution in [0, 0.1) is 11.6 Å². The average molecular weight is 334 g/mol. The van der Waals surface area contributed by atoms with Gasteiger partial charge in [0, 0.05) is 17.6 Å². The summed E-state index contributed by atoms with van der Waals surface area (Å²) >= 11 is 3.05. The Hall–Kier alpha value is -1.17. The van der Waals surface area contributed by atoms with Gasteiger partial charge in [0.1, 0.15) is 0 Å². The van der Waals surface area contributed by atoms with E-state index in [1.807, 2.05) is 0 Å². The van der Waals surface area contributed by atoms with Crippen molar-refractivity contribution in [3.63, 3.8) is 0 Å². The summed E-state index contributed by atoms with van der Waals surface area (Å²) in [6, 6.07) is 2.32. The number of likely N-dealkylation sites (tertiary alicyclic amines) is 1. The fourth-order valence-electron chi connectivity index (χ4n) is 2.01. The van der Waals surface area contributed by atoms with Crippen LogP contribution in [0.5, 0.6) is 5.75 Å². The Morgan fingerprint density at radius 3 is 2.63 bits per heavy atom. The molecule has 0 aromatic heterocycles. The number of carbonyl (C=O) groups is 1. The third-order valence-corrected chi connectivity index (χ3v) is 3.48. The number of benzene rings is 1. The molecule has 1 aromatic rings. The highest BCUT2D eigenvalue weighted by Crippen LogP contribution is 2.25. The van der Waals surface area contributed by atoms with Gasteiger partial charge in [0.2, 0.25) is 5.82 Å². The molecule has 0 radical (unpaired) electrons. The minimum Gasteiger partial charge on any atom is -0.481 e. The van der Waals surface area contributed by atoms with Crippen molar-refractivity contribution in [3.05, 3.63) is 28.2 Å². The van der Waals surface area contributed by atoms with Gasteiger partial charge in [0.05, 0.1) is 0 Å². The van der Waals surface area contributed by atoms with E-state index in [1.54, 1.807) is 4.90 Å². The second-order valence-corrected chi connectivity index (χ2v) is 5.35. The molecule has 3 nitrogen and oxygen atoms in total. The molecule has 1 heterocycles. The summed E-state index contributed by atoms with van der Waals surface area (Å²) in [5.41, 5.74) is 0. The topological polar surface area (TPSA) is 29.5 Å². The summed E-state index contributed by atoms with van der Waals surface area (Å²) in [6.45, 7) is 1.14. The van der Waals surface area contributed by atoms with Crippen molar-refractivity contribution in [2.24, 2.45) is 0 Å². The molecule has 0 saturated carbocycles. The van der Waals surface area contributed by atoms with Crippen molar-refractivity contribution in [1.29, 1.82) is 0 Å².